The normalized spacial score (nSPS) is 12.2. The van der Waals surface area contributed by atoms with Crippen molar-refractivity contribution < 1.29 is 27.3 Å². The van der Waals surface area contributed by atoms with Gasteiger partial charge in [-0.2, -0.15) is 8.78 Å². The highest BCUT2D eigenvalue weighted by Gasteiger charge is 2.43. The van der Waals surface area contributed by atoms with E-state index < -0.39 is 28.5 Å². The summed E-state index contributed by atoms with van der Waals surface area (Å²) in [5.41, 5.74) is -1.58. The van der Waals surface area contributed by atoms with E-state index in [1.807, 2.05) is 0 Å². The molecule has 0 aliphatic rings. The molecule has 0 aliphatic carbocycles. The molecule has 7 heteroatoms. The van der Waals surface area contributed by atoms with Crippen LogP contribution in [0.3, 0.4) is 0 Å². The van der Waals surface area contributed by atoms with E-state index in [9.17, 15) is 22.0 Å². The summed E-state index contributed by atoms with van der Waals surface area (Å²) in [4.78, 5) is 0. The van der Waals surface area contributed by atoms with Crippen LogP contribution < -0.4 is 0 Å². The van der Waals surface area contributed by atoms with Gasteiger partial charge in [0.05, 0.1) is 10.8 Å². The van der Waals surface area contributed by atoms with Crippen LogP contribution in [0.2, 0.25) is 0 Å². The Morgan fingerprint density at radius 3 is 2.29 bits per heavy atom. The first-order chi connectivity index (χ1) is 6.37. The second-order valence-corrected chi connectivity index (χ2v) is 2.40. The van der Waals surface area contributed by atoms with Gasteiger partial charge in [-0.05, 0) is 12.1 Å². The highest BCUT2D eigenvalue weighted by atomic mass is 19.3. The van der Waals surface area contributed by atoms with Crippen molar-refractivity contribution in [2.75, 3.05) is 0 Å². The van der Waals surface area contributed by atoms with Crippen LogP contribution >= 0.6 is 0 Å². The van der Waals surface area contributed by atoms with Crippen LogP contribution in [-0.4, -0.2) is 10.5 Å². The minimum Gasteiger partial charge on any atom is -0.280 e. The molecule has 0 heterocycles. The highest BCUT2D eigenvalue weighted by Crippen LogP contribution is 2.33. The monoisotopic (exact) mass is 213 g/mol. The highest BCUT2D eigenvalue weighted by molar-refractivity contribution is 5.22. The van der Waals surface area contributed by atoms with Gasteiger partial charge in [-0.3, -0.25) is 5.21 Å². The van der Waals surface area contributed by atoms with E-state index in [-0.39, 0.29) is 0 Å². The fraction of sp³-hybridized carbons (Fsp3) is 0.143. The molecule has 0 spiro atoms. The first-order valence-electron chi connectivity index (χ1n) is 3.34. The second-order valence-electron chi connectivity index (χ2n) is 2.40. The largest absolute Gasteiger partial charge is 0.382 e. The van der Waals surface area contributed by atoms with Crippen LogP contribution in [0, 0.1) is 11.6 Å². The van der Waals surface area contributed by atoms with Crippen molar-refractivity contribution in [1.29, 1.82) is 0 Å². The molecule has 1 rings (SSSR count). The van der Waals surface area contributed by atoms with E-state index in [4.69, 9.17) is 5.21 Å². The van der Waals surface area contributed by atoms with Crippen LogP contribution in [0.1, 0.15) is 5.56 Å². The lowest BCUT2D eigenvalue weighted by molar-refractivity contribution is -0.391. The molecule has 0 aliphatic heterocycles. The summed E-state index contributed by atoms with van der Waals surface area (Å²) in [5.74, 6) is -3.46. The first kappa shape index (κ1) is 10.9. The Kier molecular flexibility index (Phi) is 2.72. The van der Waals surface area contributed by atoms with E-state index in [1.165, 1.54) is 0 Å². The Balaban J connectivity index is 3.26. The molecule has 0 amide bonds. The van der Waals surface area contributed by atoms with Crippen molar-refractivity contribution in [3.8, 4) is 0 Å². The maximum absolute atomic E-state index is 12.7. The van der Waals surface area contributed by atoms with E-state index in [0.717, 1.165) is 6.07 Å². The number of halogens is 5. The van der Waals surface area contributed by atoms with Gasteiger partial charge < -0.3 is 0 Å². The average Bonchev–Trinajstić information content (AvgIpc) is 2.09. The number of hydroxylamine groups is 1. The SMILES string of the molecule is ON(F)C(F)(F)c1cccc(F)c1F. The number of rotatable bonds is 2. The lowest BCUT2D eigenvalue weighted by atomic mass is 10.2. The first-order valence-corrected chi connectivity index (χ1v) is 3.34. The maximum atomic E-state index is 12.7. The summed E-state index contributed by atoms with van der Waals surface area (Å²) in [5, 5.41) is 5.90. The van der Waals surface area contributed by atoms with Crippen molar-refractivity contribution in [3.63, 3.8) is 0 Å². The third kappa shape index (κ3) is 1.68. The molecule has 0 aromatic heterocycles. The van der Waals surface area contributed by atoms with Gasteiger partial charge >= 0.3 is 6.05 Å². The summed E-state index contributed by atoms with van der Waals surface area (Å²) in [6.07, 6.45) is 0. The van der Waals surface area contributed by atoms with Crippen molar-refractivity contribution in [2.24, 2.45) is 0 Å². The van der Waals surface area contributed by atoms with E-state index in [1.54, 1.807) is 0 Å². The molecule has 2 nitrogen and oxygen atoms in total. The van der Waals surface area contributed by atoms with Crippen LogP contribution in [0.15, 0.2) is 18.2 Å². The van der Waals surface area contributed by atoms with Crippen molar-refractivity contribution in [3.05, 3.63) is 35.4 Å². The predicted octanol–water partition coefficient (Wildman–Crippen LogP) is 2.59. The third-order valence-electron chi connectivity index (χ3n) is 1.51. The molecular formula is C7H4F5NO. The summed E-state index contributed by atoms with van der Waals surface area (Å²) in [6.45, 7) is 0. The van der Waals surface area contributed by atoms with Crippen molar-refractivity contribution >= 4 is 0 Å². The fourth-order valence-electron chi connectivity index (χ4n) is 0.835. The molecule has 0 unspecified atom stereocenters. The lowest BCUT2D eigenvalue weighted by Crippen LogP contribution is -2.31. The van der Waals surface area contributed by atoms with Gasteiger partial charge in [0.25, 0.3) is 0 Å². The van der Waals surface area contributed by atoms with Crippen molar-refractivity contribution in [2.45, 2.75) is 6.05 Å². The standard InChI is InChI=1S/C7H4F5NO/c8-5-3-1-2-4(6(5)9)7(10,11)13(12)14/h1-3,14H. The van der Waals surface area contributed by atoms with E-state index >= 15 is 0 Å². The van der Waals surface area contributed by atoms with Gasteiger partial charge in [0, 0.05) is 0 Å². The Morgan fingerprint density at radius 1 is 1.21 bits per heavy atom. The average molecular weight is 213 g/mol. The van der Waals surface area contributed by atoms with Crippen molar-refractivity contribution in [1.82, 2.24) is 5.29 Å². The Morgan fingerprint density at radius 2 is 1.79 bits per heavy atom. The molecule has 0 saturated heterocycles. The van der Waals surface area contributed by atoms with Gasteiger partial charge in [-0.1, -0.05) is 10.5 Å². The smallest absolute Gasteiger partial charge is 0.280 e. The van der Waals surface area contributed by atoms with Gasteiger partial charge in [-0.25, -0.2) is 8.78 Å². The van der Waals surface area contributed by atoms with Gasteiger partial charge in [0.1, 0.15) is 0 Å². The Labute approximate surface area is 75.1 Å². The molecule has 0 bridgehead atoms. The molecule has 1 aromatic rings. The third-order valence-corrected chi connectivity index (χ3v) is 1.51. The van der Waals surface area contributed by atoms with Crippen LogP contribution in [-0.2, 0) is 6.05 Å². The zero-order valence-electron chi connectivity index (χ0n) is 6.52. The molecule has 1 aromatic carbocycles. The number of alkyl halides is 2. The van der Waals surface area contributed by atoms with Gasteiger partial charge in [0.15, 0.2) is 11.6 Å². The van der Waals surface area contributed by atoms with Gasteiger partial charge in [0.2, 0.25) is 0 Å². The molecular weight excluding hydrogens is 209 g/mol. The lowest BCUT2D eigenvalue weighted by Gasteiger charge is -2.18. The Bertz CT molecular complexity index is 341. The number of benzene rings is 1. The fourth-order valence-corrected chi connectivity index (χ4v) is 0.835. The predicted molar refractivity (Wildman–Crippen MR) is 35.0 cm³/mol. The Hall–Kier alpha value is -1.21. The van der Waals surface area contributed by atoms with E-state index in [2.05, 4.69) is 0 Å². The summed E-state index contributed by atoms with van der Waals surface area (Å²) in [7, 11) is 0. The van der Waals surface area contributed by atoms with E-state index in [0.29, 0.717) is 12.1 Å². The molecule has 14 heavy (non-hydrogen) atoms. The molecule has 0 fully saturated rings. The molecule has 0 atom stereocenters. The number of nitrogens with zero attached hydrogens (tertiary/aromatic N) is 1. The number of hydrogen-bond donors (Lipinski definition) is 1. The second kappa shape index (κ2) is 3.50. The van der Waals surface area contributed by atoms with Crippen LogP contribution in [0.25, 0.3) is 0 Å². The molecule has 0 saturated carbocycles. The van der Waals surface area contributed by atoms with Gasteiger partial charge in [-0.15, -0.1) is 0 Å². The maximum Gasteiger partial charge on any atom is 0.382 e. The minimum atomic E-state index is -4.62. The summed E-state index contributed by atoms with van der Waals surface area (Å²) < 4.78 is 62.2. The van der Waals surface area contributed by atoms with Crippen LogP contribution in [0.5, 0.6) is 0 Å². The summed E-state index contributed by atoms with van der Waals surface area (Å²) >= 11 is 0. The molecule has 0 radical (unpaired) electrons. The topological polar surface area (TPSA) is 23.5 Å². The number of hydrogen-bond acceptors (Lipinski definition) is 2. The quantitative estimate of drug-likeness (QED) is 0.353. The van der Waals surface area contributed by atoms with Crippen LogP contribution in [0.4, 0.5) is 22.0 Å². The molecule has 78 valence electrons. The summed E-state index contributed by atoms with van der Waals surface area (Å²) in [6, 6.07) is -2.80. The zero-order valence-corrected chi connectivity index (χ0v) is 6.52. The zero-order chi connectivity index (χ0) is 10.9. The molecule has 1 N–H and O–H groups in total. The minimum absolute atomic E-state index is 0.460.